The third-order valence-corrected chi connectivity index (χ3v) is 5.89. The number of aliphatic hydroxyl groups is 1. The van der Waals surface area contributed by atoms with Crippen LogP contribution < -0.4 is 5.32 Å². The molecule has 0 radical (unpaired) electrons. The molecule has 1 aromatic rings. The molecule has 1 aromatic carbocycles. The zero-order valence-corrected chi connectivity index (χ0v) is 15.6. The summed E-state index contributed by atoms with van der Waals surface area (Å²) in [5.74, 6) is 0.753. The molecule has 1 saturated heterocycles. The molecule has 2 N–H and O–H groups in total. The summed E-state index contributed by atoms with van der Waals surface area (Å²) < 4.78 is 5.02. The smallest absolute Gasteiger partial charge is 0.0900 e. The van der Waals surface area contributed by atoms with Crippen LogP contribution in [0.25, 0.3) is 0 Å². The van der Waals surface area contributed by atoms with Crippen LogP contribution in [0.5, 0.6) is 0 Å². The fourth-order valence-electron chi connectivity index (χ4n) is 4.48. The number of methoxy groups -OCH3 is 1. The van der Waals surface area contributed by atoms with Crippen molar-refractivity contribution in [1.29, 1.82) is 0 Å². The molecule has 1 atom stereocenters. The number of ether oxygens (including phenoxy) is 1. The zero-order valence-electron chi connectivity index (χ0n) is 15.6. The fraction of sp³-hybridized carbons (Fsp3) is 0.714. The third kappa shape index (κ3) is 5.78. The van der Waals surface area contributed by atoms with Crippen molar-refractivity contribution in [3.8, 4) is 0 Å². The highest BCUT2D eigenvalue weighted by Crippen LogP contribution is 2.33. The van der Waals surface area contributed by atoms with Gasteiger partial charge >= 0.3 is 0 Å². The Kier molecular flexibility index (Phi) is 7.29. The largest absolute Gasteiger partial charge is 0.389 e. The summed E-state index contributed by atoms with van der Waals surface area (Å²) >= 11 is 0. The van der Waals surface area contributed by atoms with E-state index in [1.165, 1.54) is 44.1 Å². The van der Waals surface area contributed by atoms with E-state index in [2.05, 4.69) is 40.5 Å². The highest BCUT2D eigenvalue weighted by Gasteiger charge is 2.26. The Morgan fingerprint density at radius 1 is 1.04 bits per heavy atom. The molecule has 0 spiro atoms. The Morgan fingerprint density at radius 2 is 1.68 bits per heavy atom. The minimum absolute atomic E-state index is 0.359. The maximum Gasteiger partial charge on any atom is 0.0900 e. The molecule has 1 unspecified atom stereocenters. The topological polar surface area (TPSA) is 44.7 Å². The van der Waals surface area contributed by atoms with Gasteiger partial charge < -0.3 is 20.1 Å². The normalized spacial score (nSPS) is 27.3. The summed E-state index contributed by atoms with van der Waals surface area (Å²) in [5.41, 5.74) is 1.52. The quantitative estimate of drug-likeness (QED) is 0.797. The summed E-state index contributed by atoms with van der Waals surface area (Å²) in [5, 5.41) is 13.8. The molecule has 2 aliphatic rings. The Morgan fingerprint density at radius 3 is 2.32 bits per heavy atom. The molecule has 25 heavy (non-hydrogen) atoms. The standard InChI is InChI=1S/C21H34N2O2/c1-25-16-21(24)15-23-13-11-20(12-14-23)22-19-9-7-18(8-10-19)17-5-3-2-4-6-17/h2-6,18-22,24H,7-16H2,1H3. The highest BCUT2D eigenvalue weighted by atomic mass is 16.5. The summed E-state index contributed by atoms with van der Waals surface area (Å²) in [6, 6.07) is 12.3. The van der Waals surface area contributed by atoms with Crippen LogP contribution in [-0.2, 0) is 4.74 Å². The molecule has 140 valence electrons. The molecule has 4 heteroatoms. The summed E-state index contributed by atoms with van der Waals surface area (Å²) in [6.07, 6.45) is 7.24. The van der Waals surface area contributed by atoms with E-state index in [0.29, 0.717) is 18.7 Å². The molecule has 4 nitrogen and oxygen atoms in total. The van der Waals surface area contributed by atoms with Crippen molar-refractivity contribution in [2.45, 2.75) is 62.6 Å². The van der Waals surface area contributed by atoms with Gasteiger partial charge in [-0.2, -0.15) is 0 Å². The van der Waals surface area contributed by atoms with Crippen molar-refractivity contribution in [3.63, 3.8) is 0 Å². The van der Waals surface area contributed by atoms with Crippen molar-refractivity contribution in [2.24, 2.45) is 0 Å². The maximum absolute atomic E-state index is 9.86. The number of nitrogens with zero attached hydrogens (tertiary/aromatic N) is 1. The van der Waals surface area contributed by atoms with Crippen molar-refractivity contribution in [1.82, 2.24) is 10.2 Å². The number of piperidine rings is 1. The van der Waals surface area contributed by atoms with Crippen LogP contribution in [-0.4, -0.2) is 61.5 Å². The van der Waals surface area contributed by atoms with Gasteiger partial charge in [-0.25, -0.2) is 0 Å². The van der Waals surface area contributed by atoms with Crippen LogP contribution in [0, 0.1) is 0 Å². The second-order valence-corrected chi connectivity index (χ2v) is 7.81. The first-order chi connectivity index (χ1) is 12.2. The number of hydrogen-bond acceptors (Lipinski definition) is 4. The molecule has 0 aromatic heterocycles. The molecule has 1 heterocycles. The van der Waals surface area contributed by atoms with Crippen molar-refractivity contribution >= 4 is 0 Å². The van der Waals surface area contributed by atoms with Crippen molar-refractivity contribution in [3.05, 3.63) is 35.9 Å². The molecular formula is C21H34N2O2. The van der Waals surface area contributed by atoms with E-state index in [0.717, 1.165) is 25.6 Å². The lowest BCUT2D eigenvalue weighted by Crippen LogP contribution is -2.48. The Labute approximate surface area is 152 Å². The van der Waals surface area contributed by atoms with E-state index in [9.17, 15) is 5.11 Å². The Bertz CT molecular complexity index is 480. The number of rotatable bonds is 7. The number of hydrogen-bond donors (Lipinski definition) is 2. The fourth-order valence-corrected chi connectivity index (χ4v) is 4.48. The van der Waals surface area contributed by atoms with Crippen molar-refractivity contribution < 1.29 is 9.84 Å². The SMILES string of the molecule is COCC(O)CN1CCC(NC2CCC(c3ccccc3)CC2)CC1. The van der Waals surface area contributed by atoms with E-state index in [4.69, 9.17) is 4.74 Å². The summed E-state index contributed by atoms with van der Waals surface area (Å²) in [6.45, 7) is 3.33. The van der Waals surface area contributed by atoms with Gasteiger partial charge in [0.1, 0.15) is 0 Å². The van der Waals surface area contributed by atoms with Gasteiger partial charge in [0, 0.05) is 25.7 Å². The molecule has 1 aliphatic heterocycles. The van der Waals surface area contributed by atoms with E-state index in [-0.39, 0.29) is 6.10 Å². The van der Waals surface area contributed by atoms with Gasteiger partial charge in [0.2, 0.25) is 0 Å². The predicted octanol–water partition coefficient (Wildman–Crippen LogP) is 2.77. The van der Waals surface area contributed by atoms with E-state index in [1.807, 2.05) is 0 Å². The van der Waals surface area contributed by atoms with Gasteiger partial charge in [-0.15, -0.1) is 0 Å². The first-order valence-electron chi connectivity index (χ1n) is 9.95. The minimum atomic E-state index is -0.359. The number of aliphatic hydroxyl groups excluding tert-OH is 1. The molecule has 0 bridgehead atoms. The van der Waals surface area contributed by atoms with E-state index in [1.54, 1.807) is 7.11 Å². The summed E-state index contributed by atoms with van der Waals surface area (Å²) in [7, 11) is 1.64. The van der Waals surface area contributed by atoms with Crippen LogP contribution in [0.3, 0.4) is 0 Å². The monoisotopic (exact) mass is 346 g/mol. The lowest BCUT2D eigenvalue weighted by molar-refractivity contribution is 0.0305. The van der Waals surface area contributed by atoms with Gasteiger partial charge in [-0.05, 0) is 63.1 Å². The summed E-state index contributed by atoms with van der Waals surface area (Å²) in [4.78, 5) is 2.37. The Balaban J connectivity index is 1.35. The second kappa shape index (κ2) is 9.67. The molecule has 1 saturated carbocycles. The number of likely N-dealkylation sites (tertiary alicyclic amines) is 1. The molecule has 3 rings (SSSR count). The zero-order chi connectivity index (χ0) is 17.5. The van der Waals surface area contributed by atoms with Crippen LogP contribution in [0.2, 0.25) is 0 Å². The van der Waals surface area contributed by atoms with Gasteiger partial charge in [0.25, 0.3) is 0 Å². The molecule has 2 fully saturated rings. The first kappa shape index (κ1) is 18.8. The average Bonchev–Trinajstić information content (AvgIpc) is 2.65. The van der Waals surface area contributed by atoms with Crippen LogP contribution in [0.1, 0.15) is 50.0 Å². The van der Waals surface area contributed by atoms with Crippen LogP contribution in [0.15, 0.2) is 30.3 Å². The minimum Gasteiger partial charge on any atom is -0.389 e. The maximum atomic E-state index is 9.86. The lowest BCUT2D eigenvalue weighted by Gasteiger charge is -2.37. The van der Waals surface area contributed by atoms with Gasteiger partial charge in [0.15, 0.2) is 0 Å². The van der Waals surface area contributed by atoms with E-state index >= 15 is 0 Å². The average molecular weight is 347 g/mol. The van der Waals surface area contributed by atoms with Gasteiger partial charge in [-0.1, -0.05) is 30.3 Å². The number of β-amino-alcohol motifs (C(OH)–C–C–N with tert-alkyl or cyclic N) is 1. The Hall–Kier alpha value is -0.940. The van der Waals surface area contributed by atoms with Crippen LogP contribution in [0.4, 0.5) is 0 Å². The molecular weight excluding hydrogens is 312 g/mol. The highest BCUT2D eigenvalue weighted by molar-refractivity contribution is 5.20. The molecule has 1 aliphatic carbocycles. The molecule has 0 amide bonds. The third-order valence-electron chi connectivity index (χ3n) is 5.89. The second-order valence-electron chi connectivity index (χ2n) is 7.81. The lowest BCUT2D eigenvalue weighted by atomic mass is 9.81. The van der Waals surface area contributed by atoms with Crippen molar-refractivity contribution in [2.75, 3.05) is 33.4 Å². The van der Waals surface area contributed by atoms with E-state index < -0.39 is 0 Å². The number of nitrogens with one attached hydrogen (secondary N) is 1. The first-order valence-corrected chi connectivity index (χ1v) is 9.95. The number of benzene rings is 1. The van der Waals surface area contributed by atoms with Crippen LogP contribution >= 0.6 is 0 Å². The predicted molar refractivity (Wildman–Crippen MR) is 102 cm³/mol. The van der Waals surface area contributed by atoms with Gasteiger partial charge in [-0.3, -0.25) is 0 Å². The van der Waals surface area contributed by atoms with Gasteiger partial charge in [0.05, 0.1) is 12.7 Å².